The molecule has 0 amide bonds. The Labute approximate surface area is 123 Å². The van der Waals surface area contributed by atoms with Crippen LogP contribution in [0.1, 0.15) is 45.4 Å². The molecule has 0 aromatic carbocycles. The normalized spacial score (nSPS) is 24.5. The highest BCUT2D eigenvalue weighted by molar-refractivity contribution is 7.89. The molecule has 0 bridgehead atoms. The Morgan fingerprint density at radius 3 is 2.21 bits per heavy atom. The van der Waals surface area contributed by atoms with Crippen LogP contribution >= 0.6 is 12.4 Å². The van der Waals surface area contributed by atoms with Crippen LogP contribution < -0.4 is 5.73 Å². The summed E-state index contributed by atoms with van der Waals surface area (Å²) in [6.07, 6.45) is 6.42. The zero-order valence-electron chi connectivity index (χ0n) is 11.8. The van der Waals surface area contributed by atoms with Crippen LogP contribution in [0, 0.1) is 11.8 Å². The van der Waals surface area contributed by atoms with E-state index in [0.29, 0.717) is 30.7 Å². The minimum absolute atomic E-state index is 0. The summed E-state index contributed by atoms with van der Waals surface area (Å²) in [4.78, 5) is 0. The van der Waals surface area contributed by atoms with E-state index < -0.39 is 10.0 Å². The van der Waals surface area contributed by atoms with Crippen LogP contribution in [0.15, 0.2) is 0 Å². The topological polar surface area (TPSA) is 63.4 Å². The van der Waals surface area contributed by atoms with E-state index in [1.165, 1.54) is 19.3 Å². The van der Waals surface area contributed by atoms with Gasteiger partial charge in [-0.1, -0.05) is 19.3 Å². The fourth-order valence-electron chi connectivity index (χ4n) is 2.91. The summed E-state index contributed by atoms with van der Waals surface area (Å²) < 4.78 is 26.1. The van der Waals surface area contributed by atoms with Gasteiger partial charge in [-0.3, -0.25) is 0 Å². The Hall–Kier alpha value is 0.160. The number of hydrogen-bond acceptors (Lipinski definition) is 3. The Morgan fingerprint density at radius 2 is 1.79 bits per heavy atom. The third kappa shape index (κ3) is 4.59. The fraction of sp³-hybridized carbons (Fsp3) is 1.00. The first-order valence-electron chi connectivity index (χ1n) is 7.22. The van der Waals surface area contributed by atoms with Gasteiger partial charge < -0.3 is 5.73 Å². The van der Waals surface area contributed by atoms with Crippen LogP contribution in [0.5, 0.6) is 0 Å². The van der Waals surface area contributed by atoms with Gasteiger partial charge in [0.15, 0.2) is 0 Å². The SMILES string of the molecule is CC(N)C1CCN(S(=O)(=O)CCC2CCC2)CC1.Cl. The molecule has 114 valence electrons. The molecule has 1 aliphatic carbocycles. The number of hydrogen-bond donors (Lipinski definition) is 1. The molecule has 2 fully saturated rings. The van der Waals surface area contributed by atoms with Crippen LogP contribution in [0.4, 0.5) is 0 Å². The van der Waals surface area contributed by atoms with Crippen molar-refractivity contribution in [3.05, 3.63) is 0 Å². The zero-order valence-corrected chi connectivity index (χ0v) is 13.4. The molecule has 1 unspecified atom stereocenters. The van der Waals surface area contributed by atoms with Crippen molar-refractivity contribution in [1.29, 1.82) is 0 Å². The molecule has 2 aliphatic rings. The second-order valence-corrected chi connectivity index (χ2v) is 8.09. The molecule has 1 heterocycles. The summed E-state index contributed by atoms with van der Waals surface area (Å²) in [5.41, 5.74) is 5.88. The first-order valence-corrected chi connectivity index (χ1v) is 8.83. The maximum absolute atomic E-state index is 12.2. The Kier molecular flexibility index (Phi) is 6.57. The summed E-state index contributed by atoms with van der Waals surface area (Å²) >= 11 is 0. The molecule has 19 heavy (non-hydrogen) atoms. The third-order valence-corrected chi connectivity index (χ3v) is 6.55. The summed E-state index contributed by atoms with van der Waals surface area (Å²) in [6.45, 7) is 3.35. The predicted molar refractivity (Wildman–Crippen MR) is 80.9 cm³/mol. The first kappa shape index (κ1) is 17.2. The molecule has 0 spiro atoms. The van der Waals surface area contributed by atoms with Crippen LogP contribution in [0.25, 0.3) is 0 Å². The Balaban J connectivity index is 0.00000180. The van der Waals surface area contributed by atoms with Gasteiger partial charge in [0.2, 0.25) is 10.0 Å². The monoisotopic (exact) mass is 310 g/mol. The lowest BCUT2D eigenvalue weighted by molar-refractivity contribution is 0.248. The predicted octanol–water partition coefficient (Wildman–Crippen LogP) is 1.99. The Bertz CT molecular complexity index is 361. The van der Waals surface area contributed by atoms with E-state index in [0.717, 1.165) is 19.3 Å². The molecule has 0 aromatic heterocycles. The van der Waals surface area contributed by atoms with Gasteiger partial charge in [0.1, 0.15) is 0 Å². The van der Waals surface area contributed by atoms with Gasteiger partial charge in [-0.15, -0.1) is 12.4 Å². The largest absolute Gasteiger partial charge is 0.328 e. The number of halogens is 1. The van der Waals surface area contributed by atoms with Crippen molar-refractivity contribution in [2.24, 2.45) is 17.6 Å². The van der Waals surface area contributed by atoms with Crippen molar-refractivity contribution in [3.8, 4) is 0 Å². The van der Waals surface area contributed by atoms with Crippen LogP contribution in [-0.4, -0.2) is 37.6 Å². The number of nitrogens with zero attached hydrogens (tertiary/aromatic N) is 1. The van der Waals surface area contributed by atoms with Crippen molar-refractivity contribution in [2.75, 3.05) is 18.8 Å². The quantitative estimate of drug-likeness (QED) is 0.844. The van der Waals surface area contributed by atoms with Crippen molar-refractivity contribution >= 4 is 22.4 Å². The highest BCUT2D eigenvalue weighted by atomic mass is 35.5. The maximum atomic E-state index is 12.2. The van der Waals surface area contributed by atoms with Crippen molar-refractivity contribution in [2.45, 2.75) is 51.5 Å². The van der Waals surface area contributed by atoms with E-state index in [1.807, 2.05) is 6.92 Å². The highest BCUT2D eigenvalue weighted by Gasteiger charge is 2.30. The minimum Gasteiger partial charge on any atom is -0.328 e. The Morgan fingerprint density at radius 1 is 1.21 bits per heavy atom. The summed E-state index contributed by atoms with van der Waals surface area (Å²) in [5.74, 6) is 1.50. The maximum Gasteiger partial charge on any atom is 0.214 e. The molecule has 0 radical (unpaired) electrons. The van der Waals surface area contributed by atoms with Crippen molar-refractivity contribution < 1.29 is 8.42 Å². The standard InChI is InChI=1S/C13H26N2O2S.ClH/c1-11(14)13-5-8-15(9-6-13)18(16,17)10-7-12-3-2-4-12;/h11-13H,2-10,14H2,1H3;1H. The molecule has 2 N–H and O–H groups in total. The molecule has 0 aromatic rings. The fourth-order valence-corrected chi connectivity index (χ4v) is 4.56. The summed E-state index contributed by atoms with van der Waals surface area (Å²) in [6, 6.07) is 0.185. The van der Waals surface area contributed by atoms with E-state index in [2.05, 4.69) is 0 Å². The van der Waals surface area contributed by atoms with Gasteiger partial charge >= 0.3 is 0 Å². The second kappa shape index (κ2) is 7.25. The lowest BCUT2D eigenvalue weighted by atomic mass is 9.84. The van der Waals surface area contributed by atoms with Crippen molar-refractivity contribution in [3.63, 3.8) is 0 Å². The average molecular weight is 311 g/mol. The van der Waals surface area contributed by atoms with E-state index in [4.69, 9.17) is 5.73 Å². The number of piperidine rings is 1. The van der Waals surface area contributed by atoms with Gasteiger partial charge in [-0.05, 0) is 38.0 Å². The molecule has 1 atom stereocenters. The van der Waals surface area contributed by atoms with Crippen LogP contribution in [0.3, 0.4) is 0 Å². The zero-order chi connectivity index (χ0) is 13.2. The van der Waals surface area contributed by atoms with Gasteiger partial charge in [0.05, 0.1) is 5.75 Å². The number of rotatable bonds is 5. The molecular formula is C13H27ClN2O2S. The van der Waals surface area contributed by atoms with Gasteiger partial charge in [-0.25, -0.2) is 12.7 Å². The lowest BCUT2D eigenvalue weighted by Crippen LogP contribution is -2.43. The third-order valence-electron chi connectivity index (χ3n) is 4.64. The highest BCUT2D eigenvalue weighted by Crippen LogP contribution is 2.30. The van der Waals surface area contributed by atoms with Crippen molar-refractivity contribution in [1.82, 2.24) is 4.31 Å². The number of nitrogens with two attached hydrogens (primary N) is 1. The summed E-state index contributed by atoms with van der Waals surface area (Å²) in [5, 5.41) is 0. The van der Waals surface area contributed by atoms with Crippen LogP contribution in [-0.2, 0) is 10.0 Å². The van der Waals surface area contributed by atoms with E-state index in [9.17, 15) is 8.42 Å². The van der Waals surface area contributed by atoms with Crippen LogP contribution in [0.2, 0.25) is 0 Å². The second-order valence-electron chi connectivity index (χ2n) is 6.00. The number of sulfonamides is 1. The molecule has 1 saturated carbocycles. The molecule has 1 saturated heterocycles. The van der Waals surface area contributed by atoms with Gasteiger partial charge in [0, 0.05) is 19.1 Å². The van der Waals surface area contributed by atoms with E-state index >= 15 is 0 Å². The van der Waals surface area contributed by atoms with E-state index in [-0.39, 0.29) is 18.4 Å². The average Bonchev–Trinajstić information content (AvgIpc) is 2.27. The minimum atomic E-state index is -3.01. The van der Waals surface area contributed by atoms with E-state index in [1.54, 1.807) is 4.31 Å². The molecule has 1 aliphatic heterocycles. The van der Waals surface area contributed by atoms with Gasteiger partial charge in [0.25, 0.3) is 0 Å². The summed E-state index contributed by atoms with van der Waals surface area (Å²) in [7, 11) is -3.01. The smallest absolute Gasteiger partial charge is 0.214 e. The molecule has 6 heteroatoms. The first-order chi connectivity index (χ1) is 8.49. The van der Waals surface area contributed by atoms with Gasteiger partial charge in [-0.2, -0.15) is 0 Å². The molecular weight excluding hydrogens is 284 g/mol. The lowest BCUT2D eigenvalue weighted by Gasteiger charge is -2.33. The molecule has 4 nitrogen and oxygen atoms in total. The molecule has 2 rings (SSSR count).